The first-order valence-corrected chi connectivity index (χ1v) is 5.88. The van der Waals surface area contributed by atoms with Gasteiger partial charge in [-0.25, -0.2) is 0 Å². The fourth-order valence-electron chi connectivity index (χ4n) is 1.71. The molecule has 0 aliphatic carbocycles. The van der Waals surface area contributed by atoms with E-state index < -0.39 is 0 Å². The van der Waals surface area contributed by atoms with Crippen LogP contribution in [0.1, 0.15) is 17.5 Å². The van der Waals surface area contributed by atoms with E-state index in [1.165, 1.54) is 0 Å². The molecule has 1 rings (SSSR count). The van der Waals surface area contributed by atoms with E-state index in [9.17, 15) is 0 Å². The smallest absolute Gasteiger partial charge is 0.0995 e. The lowest BCUT2D eigenvalue weighted by atomic mass is 10.1. The highest BCUT2D eigenvalue weighted by molar-refractivity contribution is 5.37. The molecule has 4 heteroatoms. The minimum atomic E-state index is 0.485. The van der Waals surface area contributed by atoms with Gasteiger partial charge in [0, 0.05) is 33.2 Å². The second-order valence-electron chi connectivity index (χ2n) is 3.95. The summed E-state index contributed by atoms with van der Waals surface area (Å²) >= 11 is 0. The van der Waals surface area contributed by atoms with Crippen LogP contribution in [0.25, 0.3) is 0 Å². The van der Waals surface area contributed by atoms with E-state index in [4.69, 9.17) is 15.3 Å². The van der Waals surface area contributed by atoms with Crippen molar-refractivity contribution in [2.24, 2.45) is 0 Å². The topological polar surface area (TPSA) is 60.0 Å². The van der Waals surface area contributed by atoms with Crippen LogP contribution < -0.4 is 0 Å². The third-order valence-electron chi connectivity index (χ3n) is 2.68. The molecule has 4 nitrogen and oxygen atoms in total. The molecule has 0 bridgehead atoms. The Hall–Kier alpha value is -1.88. The standard InChI is InChI=1S/C14H17N3O/c1-18-10-9-17(8-4-7-15)12-14-6-3-2-5-13(14)11-16/h2-3,5-6H,4,8-10,12H2,1H3. The maximum Gasteiger partial charge on any atom is 0.0995 e. The maximum absolute atomic E-state index is 9.04. The van der Waals surface area contributed by atoms with Gasteiger partial charge in [-0.3, -0.25) is 4.90 Å². The van der Waals surface area contributed by atoms with Crippen molar-refractivity contribution >= 4 is 0 Å². The molecule has 0 amide bonds. The zero-order valence-corrected chi connectivity index (χ0v) is 10.6. The second kappa shape index (κ2) is 8.25. The molecule has 0 atom stereocenters. The number of hydrogen-bond donors (Lipinski definition) is 0. The van der Waals surface area contributed by atoms with Crippen LogP contribution >= 0.6 is 0 Å². The molecular formula is C14H17N3O. The average molecular weight is 243 g/mol. The number of benzene rings is 1. The summed E-state index contributed by atoms with van der Waals surface area (Å²) in [6.45, 7) is 2.76. The van der Waals surface area contributed by atoms with Crippen molar-refractivity contribution in [2.75, 3.05) is 26.8 Å². The predicted molar refractivity (Wildman–Crippen MR) is 68.5 cm³/mol. The fraction of sp³-hybridized carbons (Fsp3) is 0.429. The van der Waals surface area contributed by atoms with E-state index in [1.807, 2.05) is 24.3 Å². The van der Waals surface area contributed by atoms with Gasteiger partial charge < -0.3 is 4.74 Å². The van der Waals surface area contributed by atoms with Gasteiger partial charge in [0.25, 0.3) is 0 Å². The Bertz CT molecular complexity index is 445. The minimum Gasteiger partial charge on any atom is -0.383 e. The van der Waals surface area contributed by atoms with Crippen molar-refractivity contribution in [3.05, 3.63) is 35.4 Å². The molecular weight excluding hydrogens is 226 g/mol. The van der Waals surface area contributed by atoms with E-state index in [2.05, 4.69) is 17.0 Å². The van der Waals surface area contributed by atoms with Crippen LogP contribution in [-0.2, 0) is 11.3 Å². The highest BCUT2D eigenvalue weighted by Gasteiger charge is 2.08. The molecule has 1 aromatic rings. The summed E-state index contributed by atoms with van der Waals surface area (Å²) in [5.74, 6) is 0. The Morgan fingerprint density at radius 3 is 2.67 bits per heavy atom. The SMILES string of the molecule is COCCN(CCC#N)Cc1ccccc1C#N. The molecule has 94 valence electrons. The Morgan fingerprint density at radius 1 is 1.22 bits per heavy atom. The fourth-order valence-corrected chi connectivity index (χ4v) is 1.71. The molecule has 1 aromatic carbocycles. The van der Waals surface area contributed by atoms with E-state index in [-0.39, 0.29) is 0 Å². The lowest BCUT2D eigenvalue weighted by Gasteiger charge is -2.21. The van der Waals surface area contributed by atoms with Crippen molar-refractivity contribution < 1.29 is 4.74 Å². The summed E-state index contributed by atoms with van der Waals surface area (Å²) < 4.78 is 5.06. The van der Waals surface area contributed by atoms with Crippen molar-refractivity contribution in [3.63, 3.8) is 0 Å². The quantitative estimate of drug-likeness (QED) is 0.734. The number of methoxy groups -OCH3 is 1. The lowest BCUT2D eigenvalue weighted by Crippen LogP contribution is -2.28. The summed E-state index contributed by atoms with van der Waals surface area (Å²) in [4.78, 5) is 2.13. The number of rotatable bonds is 7. The Kier molecular flexibility index (Phi) is 6.50. The van der Waals surface area contributed by atoms with Gasteiger partial charge in [0.2, 0.25) is 0 Å². The van der Waals surface area contributed by atoms with Gasteiger partial charge in [0.1, 0.15) is 0 Å². The van der Waals surface area contributed by atoms with Crippen molar-refractivity contribution in [3.8, 4) is 12.1 Å². The van der Waals surface area contributed by atoms with Crippen LogP contribution in [0.3, 0.4) is 0 Å². The molecule has 0 radical (unpaired) electrons. The molecule has 0 fully saturated rings. The molecule has 0 spiro atoms. The van der Waals surface area contributed by atoms with E-state index in [0.29, 0.717) is 31.7 Å². The molecule has 18 heavy (non-hydrogen) atoms. The van der Waals surface area contributed by atoms with Gasteiger partial charge in [-0.05, 0) is 11.6 Å². The van der Waals surface area contributed by atoms with Gasteiger partial charge >= 0.3 is 0 Å². The van der Waals surface area contributed by atoms with Crippen LogP contribution in [0.5, 0.6) is 0 Å². The normalized spacial score (nSPS) is 10.0. The van der Waals surface area contributed by atoms with Crippen LogP contribution in [-0.4, -0.2) is 31.7 Å². The van der Waals surface area contributed by atoms with Crippen LogP contribution in [0.2, 0.25) is 0 Å². The first-order chi connectivity index (χ1) is 8.81. The monoisotopic (exact) mass is 243 g/mol. The van der Waals surface area contributed by atoms with Gasteiger partial charge in [-0.15, -0.1) is 0 Å². The van der Waals surface area contributed by atoms with Crippen molar-refractivity contribution in [1.82, 2.24) is 4.90 Å². The molecule has 0 heterocycles. The largest absolute Gasteiger partial charge is 0.383 e. The highest BCUT2D eigenvalue weighted by atomic mass is 16.5. The second-order valence-corrected chi connectivity index (χ2v) is 3.95. The lowest BCUT2D eigenvalue weighted by molar-refractivity contribution is 0.145. The van der Waals surface area contributed by atoms with Crippen LogP contribution in [0, 0.1) is 22.7 Å². The summed E-state index contributed by atoms with van der Waals surface area (Å²) in [5.41, 5.74) is 1.69. The third-order valence-corrected chi connectivity index (χ3v) is 2.68. The van der Waals surface area contributed by atoms with Gasteiger partial charge in [0.15, 0.2) is 0 Å². The molecule has 0 saturated heterocycles. The van der Waals surface area contributed by atoms with Gasteiger partial charge in [-0.1, -0.05) is 18.2 Å². The summed E-state index contributed by atoms with van der Waals surface area (Å²) in [7, 11) is 1.66. The maximum atomic E-state index is 9.04. The van der Waals surface area contributed by atoms with Crippen molar-refractivity contribution in [2.45, 2.75) is 13.0 Å². The number of nitriles is 2. The van der Waals surface area contributed by atoms with E-state index >= 15 is 0 Å². The average Bonchev–Trinajstić information content (AvgIpc) is 2.42. The number of hydrogen-bond acceptors (Lipinski definition) is 4. The highest BCUT2D eigenvalue weighted by Crippen LogP contribution is 2.10. The number of nitrogens with zero attached hydrogens (tertiary/aromatic N) is 3. The minimum absolute atomic E-state index is 0.485. The van der Waals surface area contributed by atoms with E-state index in [0.717, 1.165) is 12.1 Å². The predicted octanol–water partition coefficient (Wildman–Crippen LogP) is 1.92. The molecule has 0 aliphatic rings. The Labute approximate surface area is 108 Å². The van der Waals surface area contributed by atoms with E-state index in [1.54, 1.807) is 7.11 Å². The first-order valence-electron chi connectivity index (χ1n) is 5.88. The van der Waals surface area contributed by atoms with Crippen molar-refractivity contribution in [1.29, 1.82) is 10.5 Å². The molecule has 0 aromatic heterocycles. The third kappa shape index (κ3) is 4.55. The van der Waals surface area contributed by atoms with Crippen LogP contribution in [0.15, 0.2) is 24.3 Å². The molecule has 0 unspecified atom stereocenters. The first kappa shape index (κ1) is 14.2. The zero-order chi connectivity index (χ0) is 13.2. The molecule has 0 aliphatic heterocycles. The molecule has 0 saturated carbocycles. The number of ether oxygens (including phenoxy) is 1. The molecule has 0 N–H and O–H groups in total. The van der Waals surface area contributed by atoms with Gasteiger partial charge in [0.05, 0.1) is 24.3 Å². The zero-order valence-electron chi connectivity index (χ0n) is 10.6. The Morgan fingerprint density at radius 2 is 2.00 bits per heavy atom. The summed E-state index contributed by atoms with van der Waals surface area (Å²) in [6, 6.07) is 11.9. The van der Waals surface area contributed by atoms with Gasteiger partial charge in [-0.2, -0.15) is 10.5 Å². The Balaban J connectivity index is 2.69. The van der Waals surface area contributed by atoms with Crippen LogP contribution in [0.4, 0.5) is 0 Å². The summed E-state index contributed by atoms with van der Waals surface area (Å²) in [5, 5.41) is 17.7. The summed E-state index contributed by atoms with van der Waals surface area (Å²) in [6.07, 6.45) is 0.485.